The number of para-hydroxylation sites is 1. The van der Waals surface area contributed by atoms with E-state index in [9.17, 15) is 9.59 Å². The van der Waals surface area contributed by atoms with Crippen LogP contribution in [0.25, 0.3) is 10.9 Å². The highest BCUT2D eigenvalue weighted by Gasteiger charge is 2.13. The Balaban J connectivity index is 1.37. The van der Waals surface area contributed by atoms with Crippen molar-refractivity contribution in [3.8, 4) is 11.5 Å². The summed E-state index contributed by atoms with van der Waals surface area (Å²) in [6.45, 7) is 1.76. The van der Waals surface area contributed by atoms with Crippen molar-refractivity contribution < 1.29 is 14.3 Å². The third kappa shape index (κ3) is 4.84. The molecule has 0 saturated heterocycles. The number of carbonyl (C=O) groups is 2. The van der Waals surface area contributed by atoms with Crippen LogP contribution in [0.2, 0.25) is 0 Å². The summed E-state index contributed by atoms with van der Waals surface area (Å²) in [5.41, 5.74) is 7.77. The molecule has 0 aliphatic rings. The van der Waals surface area contributed by atoms with Gasteiger partial charge in [-0.2, -0.15) is 0 Å². The summed E-state index contributed by atoms with van der Waals surface area (Å²) in [4.78, 5) is 28.0. The van der Waals surface area contributed by atoms with Crippen LogP contribution in [0.1, 0.15) is 17.3 Å². The molecule has 4 N–H and O–H groups in total. The maximum Gasteiger partial charge on any atom is 0.248 e. The standard InChI is InChI=1S/C25H22N4O3/c1-16(25(31)29-20-9-7-18(8-10-20)24(26)30)28-19-11-13-21(14-12-19)32-22-6-2-4-17-5-3-15-27-23(17)22/h2-16,28H,1H3,(H2,26,30)(H,29,31). The first kappa shape index (κ1) is 20.9. The van der Waals surface area contributed by atoms with E-state index in [4.69, 9.17) is 10.5 Å². The zero-order valence-electron chi connectivity index (χ0n) is 17.4. The van der Waals surface area contributed by atoms with Crippen molar-refractivity contribution in [2.24, 2.45) is 5.73 Å². The quantitative estimate of drug-likeness (QED) is 0.401. The van der Waals surface area contributed by atoms with Crippen molar-refractivity contribution in [3.05, 3.63) is 90.6 Å². The SMILES string of the molecule is CC(Nc1ccc(Oc2cccc3cccnc23)cc1)C(=O)Nc1ccc(C(N)=O)cc1. The molecule has 7 heteroatoms. The second kappa shape index (κ2) is 9.18. The fourth-order valence-electron chi connectivity index (χ4n) is 3.19. The third-order valence-corrected chi connectivity index (χ3v) is 4.89. The van der Waals surface area contributed by atoms with Crippen molar-refractivity contribution in [1.82, 2.24) is 4.98 Å². The van der Waals surface area contributed by atoms with Crippen molar-refractivity contribution >= 4 is 34.1 Å². The van der Waals surface area contributed by atoms with Crippen LogP contribution in [0.15, 0.2) is 85.1 Å². The Labute approximate surface area is 185 Å². The molecule has 4 rings (SSSR count). The number of pyridine rings is 1. The number of nitrogens with zero attached hydrogens (tertiary/aromatic N) is 1. The number of anilines is 2. The number of aromatic nitrogens is 1. The second-order valence-corrected chi connectivity index (χ2v) is 7.25. The second-order valence-electron chi connectivity index (χ2n) is 7.25. The number of hydrogen-bond acceptors (Lipinski definition) is 5. The van der Waals surface area contributed by atoms with E-state index in [-0.39, 0.29) is 5.91 Å². The van der Waals surface area contributed by atoms with E-state index in [1.165, 1.54) is 0 Å². The Hall–Kier alpha value is -4.39. The minimum absolute atomic E-state index is 0.209. The molecule has 1 aromatic heterocycles. The zero-order chi connectivity index (χ0) is 22.5. The van der Waals surface area contributed by atoms with Gasteiger partial charge >= 0.3 is 0 Å². The van der Waals surface area contributed by atoms with Crippen molar-refractivity contribution in [1.29, 1.82) is 0 Å². The minimum atomic E-state index is -0.512. The van der Waals surface area contributed by atoms with Crippen LogP contribution in [-0.4, -0.2) is 22.8 Å². The van der Waals surface area contributed by atoms with Crippen LogP contribution in [0.3, 0.4) is 0 Å². The summed E-state index contributed by atoms with van der Waals surface area (Å²) >= 11 is 0. The fourth-order valence-corrected chi connectivity index (χ4v) is 3.19. The molecule has 160 valence electrons. The summed E-state index contributed by atoms with van der Waals surface area (Å²) in [5.74, 6) is 0.625. The van der Waals surface area contributed by atoms with Gasteiger partial charge in [-0.3, -0.25) is 14.6 Å². The number of amides is 2. The van der Waals surface area contributed by atoms with Gasteiger partial charge in [0, 0.05) is 28.5 Å². The van der Waals surface area contributed by atoms with Crippen molar-refractivity contribution in [3.63, 3.8) is 0 Å². The first-order chi connectivity index (χ1) is 15.5. The van der Waals surface area contributed by atoms with Crippen LogP contribution >= 0.6 is 0 Å². The summed E-state index contributed by atoms with van der Waals surface area (Å²) in [6, 6.07) is 23.0. The van der Waals surface area contributed by atoms with E-state index in [1.807, 2.05) is 54.6 Å². The van der Waals surface area contributed by atoms with E-state index in [0.717, 1.165) is 16.6 Å². The Morgan fingerprint density at radius 1 is 0.906 bits per heavy atom. The highest BCUT2D eigenvalue weighted by molar-refractivity contribution is 5.97. The van der Waals surface area contributed by atoms with Gasteiger partial charge in [0.1, 0.15) is 17.3 Å². The maximum atomic E-state index is 12.5. The number of hydrogen-bond donors (Lipinski definition) is 3. The Kier molecular flexibility index (Phi) is 5.98. The van der Waals surface area contributed by atoms with Gasteiger partial charge in [0.2, 0.25) is 11.8 Å². The number of rotatable bonds is 7. The lowest BCUT2D eigenvalue weighted by Gasteiger charge is -2.16. The first-order valence-corrected chi connectivity index (χ1v) is 10.1. The van der Waals surface area contributed by atoms with Gasteiger partial charge in [-0.25, -0.2) is 0 Å². The van der Waals surface area contributed by atoms with Crippen molar-refractivity contribution in [2.45, 2.75) is 13.0 Å². The van der Waals surface area contributed by atoms with Gasteiger partial charge in [0.05, 0.1) is 0 Å². The van der Waals surface area contributed by atoms with Gasteiger partial charge in [-0.05, 0) is 67.6 Å². The third-order valence-electron chi connectivity index (χ3n) is 4.89. The van der Waals surface area contributed by atoms with Gasteiger partial charge in [-0.15, -0.1) is 0 Å². The topological polar surface area (TPSA) is 106 Å². The molecular weight excluding hydrogens is 404 g/mol. The Morgan fingerprint density at radius 2 is 1.59 bits per heavy atom. The van der Waals surface area contributed by atoms with Crippen LogP contribution in [0.5, 0.6) is 11.5 Å². The predicted octanol–water partition coefficient (Wildman–Crippen LogP) is 4.57. The van der Waals surface area contributed by atoms with E-state index in [1.54, 1.807) is 37.4 Å². The van der Waals surface area contributed by atoms with Crippen LogP contribution in [0, 0.1) is 0 Å². The minimum Gasteiger partial charge on any atom is -0.455 e. The molecule has 32 heavy (non-hydrogen) atoms. The molecule has 7 nitrogen and oxygen atoms in total. The van der Waals surface area contributed by atoms with Crippen molar-refractivity contribution in [2.75, 3.05) is 10.6 Å². The summed E-state index contributed by atoms with van der Waals surface area (Å²) in [6.07, 6.45) is 1.74. The number of nitrogens with two attached hydrogens (primary N) is 1. The molecule has 0 saturated carbocycles. The maximum absolute atomic E-state index is 12.5. The number of nitrogens with one attached hydrogen (secondary N) is 2. The van der Waals surface area contributed by atoms with Crippen LogP contribution in [0.4, 0.5) is 11.4 Å². The molecule has 0 radical (unpaired) electrons. The molecule has 3 aromatic carbocycles. The number of fused-ring (bicyclic) bond motifs is 1. The normalized spacial score (nSPS) is 11.5. The van der Waals surface area contributed by atoms with Gasteiger partial charge < -0.3 is 21.1 Å². The monoisotopic (exact) mass is 426 g/mol. The zero-order valence-corrected chi connectivity index (χ0v) is 17.4. The molecule has 0 aliphatic carbocycles. The lowest BCUT2D eigenvalue weighted by molar-refractivity contribution is -0.116. The smallest absolute Gasteiger partial charge is 0.248 e. The molecule has 0 aliphatic heterocycles. The molecule has 4 aromatic rings. The molecular formula is C25H22N4O3. The lowest BCUT2D eigenvalue weighted by Crippen LogP contribution is -2.31. The largest absolute Gasteiger partial charge is 0.455 e. The van der Waals surface area contributed by atoms with E-state index < -0.39 is 11.9 Å². The van der Waals surface area contributed by atoms with E-state index in [0.29, 0.717) is 22.7 Å². The van der Waals surface area contributed by atoms with E-state index >= 15 is 0 Å². The highest BCUT2D eigenvalue weighted by Crippen LogP contribution is 2.29. The summed E-state index contributed by atoms with van der Waals surface area (Å²) < 4.78 is 6.00. The average Bonchev–Trinajstić information content (AvgIpc) is 2.81. The summed E-state index contributed by atoms with van der Waals surface area (Å²) in [5, 5.41) is 6.97. The first-order valence-electron chi connectivity index (χ1n) is 10.1. The Morgan fingerprint density at radius 3 is 2.31 bits per heavy atom. The molecule has 0 bridgehead atoms. The van der Waals surface area contributed by atoms with Crippen LogP contribution in [-0.2, 0) is 4.79 Å². The predicted molar refractivity (Wildman–Crippen MR) is 125 cm³/mol. The van der Waals surface area contributed by atoms with E-state index in [2.05, 4.69) is 15.6 Å². The molecule has 1 unspecified atom stereocenters. The fraction of sp³-hybridized carbons (Fsp3) is 0.0800. The molecule has 1 atom stereocenters. The molecule has 0 fully saturated rings. The van der Waals surface area contributed by atoms with Crippen LogP contribution < -0.4 is 21.1 Å². The Bertz CT molecular complexity index is 1250. The van der Waals surface area contributed by atoms with Gasteiger partial charge in [-0.1, -0.05) is 18.2 Å². The average molecular weight is 426 g/mol. The number of ether oxygens (including phenoxy) is 1. The summed E-state index contributed by atoms with van der Waals surface area (Å²) in [7, 11) is 0. The number of primary amides is 1. The lowest BCUT2D eigenvalue weighted by atomic mass is 10.2. The van der Waals surface area contributed by atoms with Gasteiger partial charge in [0.25, 0.3) is 0 Å². The number of benzene rings is 3. The molecule has 2 amide bonds. The number of carbonyl (C=O) groups excluding carboxylic acids is 2. The highest BCUT2D eigenvalue weighted by atomic mass is 16.5. The molecule has 0 spiro atoms. The molecule has 1 heterocycles. The van der Waals surface area contributed by atoms with Gasteiger partial charge in [0.15, 0.2) is 5.75 Å².